The molecule has 0 amide bonds. The van der Waals surface area contributed by atoms with Crippen LogP contribution in [-0.2, 0) is 4.74 Å². The highest BCUT2D eigenvalue weighted by molar-refractivity contribution is 6.30. The van der Waals surface area contributed by atoms with Gasteiger partial charge < -0.3 is 13.9 Å². The molecule has 1 atom stereocenters. The van der Waals surface area contributed by atoms with Gasteiger partial charge in [-0.2, -0.15) is 0 Å². The van der Waals surface area contributed by atoms with Crippen molar-refractivity contribution in [3.63, 3.8) is 0 Å². The summed E-state index contributed by atoms with van der Waals surface area (Å²) in [4.78, 5) is 6.32. The second-order valence-electron chi connectivity index (χ2n) is 5.27. The molecule has 5 nitrogen and oxygen atoms in total. The Kier molecular flexibility index (Phi) is 5.69. The molecule has 1 saturated heterocycles. The third-order valence-corrected chi connectivity index (χ3v) is 3.85. The fourth-order valence-electron chi connectivity index (χ4n) is 2.41. The summed E-state index contributed by atoms with van der Waals surface area (Å²) in [6, 6.07) is 7.42. The molecule has 0 spiro atoms. The summed E-state index contributed by atoms with van der Waals surface area (Å²) in [7, 11) is 0. The number of morpholine rings is 1. The van der Waals surface area contributed by atoms with Gasteiger partial charge in [0.25, 0.3) is 0 Å². The van der Waals surface area contributed by atoms with Crippen LogP contribution >= 0.6 is 11.6 Å². The van der Waals surface area contributed by atoms with Gasteiger partial charge in [0.15, 0.2) is 10.9 Å². The molecule has 1 aliphatic rings. The lowest BCUT2D eigenvalue weighted by atomic mass is 10.2. The molecule has 3 rings (SSSR count). The summed E-state index contributed by atoms with van der Waals surface area (Å²) < 4.78 is 16.7. The van der Waals surface area contributed by atoms with Gasteiger partial charge in [0.05, 0.1) is 12.9 Å². The monoisotopic (exact) mass is 334 g/mol. The third-order valence-electron chi connectivity index (χ3n) is 3.56. The molecule has 0 aromatic carbocycles. The maximum atomic E-state index is 5.98. The molecular weight excluding hydrogens is 316 g/mol. The molecule has 2 aromatic rings. The Balaban J connectivity index is 1.45. The summed E-state index contributed by atoms with van der Waals surface area (Å²) in [5, 5.41) is 0.376. The predicted octanol–water partition coefficient (Wildman–Crippen LogP) is 3.12. The van der Waals surface area contributed by atoms with Crippen molar-refractivity contribution in [3.8, 4) is 5.75 Å². The van der Waals surface area contributed by atoms with Crippen molar-refractivity contribution in [1.82, 2.24) is 9.88 Å². The van der Waals surface area contributed by atoms with Gasteiger partial charge >= 0.3 is 0 Å². The highest BCUT2D eigenvalue weighted by Crippen LogP contribution is 2.21. The Morgan fingerprint density at radius 2 is 2.35 bits per heavy atom. The van der Waals surface area contributed by atoms with Crippen molar-refractivity contribution in [1.29, 1.82) is 0 Å². The fourth-order valence-corrected chi connectivity index (χ4v) is 2.59. The first-order chi connectivity index (χ1) is 11.3. The molecule has 6 heteroatoms. The van der Waals surface area contributed by atoms with E-state index in [-0.39, 0.29) is 6.10 Å². The average molecular weight is 335 g/mol. The van der Waals surface area contributed by atoms with E-state index in [4.69, 9.17) is 25.5 Å². The van der Waals surface area contributed by atoms with Gasteiger partial charge in [-0.25, -0.2) is 4.98 Å². The van der Waals surface area contributed by atoms with E-state index in [2.05, 4.69) is 16.0 Å². The molecule has 1 unspecified atom stereocenters. The number of hydrogen-bond acceptors (Lipinski definition) is 5. The van der Waals surface area contributed by atoms with Crippen LogP contribution in [-0.4, -0.2) is 48.8 Å². The normalized spacial score (nSPS) is 19.3. The third kappa shape index (κ3) is 4.82. The molecular formula is C17H19ClN2O3. The van der Waals surface area contributed by atoms with Crippen LogP contribution < -0.4 is 4.74 Å². The second kappa shape index (κ2) is 8.15. The minimum absolute atomic E-state index is 0.0250. The van der Waals surface area contributed by atoms with Crippen molar-refractivity contribution in [3.05, 3.63) is 53.7 Å². The largest absolute Gasteiger partial charge is 0.488 e. The van der Waals surface area contributed by atoms with Gasteiger partial charge in [0.2, 0.25) is 0 Å². The molecule has 122 valence electrons. The predicted molar refractivity (Wildman–Crippen MR) is 88.7 cm³/mol. The summed E-state index contributed by atoms with van der Waals surface area (Å²) >= 11 is 5.98. The molecule has 1 aliphatic heterocycles. The maximum Gasteiger partial charge on any atom is 0.171 e. The van der Waals surface area contributed by atoms with Crippen molar-refractivity contribution in [2.24, 2.45) is 0 Å². The molecule has 1 fully saturated rings. The zero-order valence-corrected chi connectivity index (χ0v) is 13.5. The van der Waals surface area contributed by atoms with Gasteiger partial charge in [-0.05, 0) is 30.3 Å². The highest BCUT2D eigenvalue weighted by atomic mass is 35.5. The molecule has 2 aromatic heterocycles. The number of aromatic nitrogens is 1. The molecule has 0 N–H and O–H groups in total. The smallest absolute Gasteiger partial charge is 0.171 e. The maximum absolute atomic E-state index is 5.98. The number of rotatable bonds is 6. The van der Waals surface area contributed by atoms with E-state index in [0.717, 1.165) is 25.4 Å². The summed E-state index contributed by atoms with van der Waals surface area (Å²) in [6.45, 7) is 3.74. The first-order valence-electron chi connectivity index (χ1n) is 7.58. The molecule has 0 bridgehead atoms. The summed E-state index contributed by atoms with van der Waals surface area (Å²) in [6.07, 6.45) is 7.42. The van der Waals surface area contributed by atoms with Crippen LogP contribution in [0.2, 0.25) is 5.15 Å². The van der Waals surface area contributed by atoms with Gasteiger partial charge in [-0.1, -0.05) is 17.7 Å². The van der Waals surface area contributed by atoms with E-state index in [0.29, 0.717) is 24.1 Å². The Morgan fingerprint density at radius 1 is 1.39 bits per heavy atom. The van der Waals surface area contributed by atoms with Crippen molar-refractivity contribution in [2.75, 3.05) is 32.8 Å². The van der Waals surface area contributed by atoms with Crippen LogP contribution in [0.4, 0.5) is 0 Å². The number of ether oxygens (including phenoxy) is 2. The van der Waals surface area contributed by atoms with E-state index >= 15 is 0 Å². The Bertz CT molecular complexity index is 631. The van der Waals surface area contributed by atoms with Crippen LogP contribution in [0.15, 0.2) is 47.2 Å². The number of nitrogens with zero attached hydrogens (tertiary/aromatic N) is 2. The van der Waals surface area contributed by atoms with Crippen LogP contribution in [0.1, 0.15) is 5.76 Å². The average Bonchev–Trinajstić information content (AvgIpc) is 3.08. The van der Waals surface area contributed by atoms with Crippen LogP contribution in [0, 0.1) is 0 Å². The number of furan rings is 1. The standard InChI is InChI=1S/C17H19ClN2O3/c18-17-16(6-1-7-19-17)23-13-15-12-20(9-11-22-15)8-2-4-14-5-3-10-21-14/h1-7,10,15H,8-9,11-13H2. The van der Waals surface area contributed by atoms with E-state index in [1.165, 1.54) is 0 Å². The zero-order valence-electron chi connectivity index (χ0n) is 12.7. The second-order valence-corrected chi connectivity index (χ2v) is 5.63. The molecule has 0 aliphatic carbocycles. The Labute approximate surface area is 140 Å². The molecule has 0 radical (unpaired) electrons. The van der Waals surface area contributed by atoms with E-state index in [9.17, 15) is 0 Å². The summed E-state index contributed by atoms with van der Waals surface area (Å²) in [5.41, 5.74) is 0. The van der Waals surface area contributed by atoms with Gasteiger partial charge in [-0.3, -0.25) is 4.90 Å². The minimum atomic E-state index is 0.0250. The van der Waals surface area contributed by atoms with E-state index < -0.39 is 0 Å². The van der Waals surface area contributed by atoms with Crippen molar-refractivity contribution >= 4 is 17.7 Å². The molecule has 0 saturated carbocycles. The summed E-state index contributed by atoms with van der Waals surface area (Å²) in [5.74, 6) is 1.46. The Morgan fingerprint density at radius 3 is 3.17 bits per heavy atom. The number of hydrogen-bond donors (Lipinski definition) is 0. The fraction of sp³-hybridized carbons (Fsp3) is 0.353. The van der Waals surface area contributed by atoms with Gasteiger partial charge in [0.1, 0.15) is 18.5 Å². The van der Waals surface area contributed by atoms with Crippen LogP contribution in [0.3, 0.4) is 0 Å². The van der Waals surface area contributed by atoms with Gasteiger partial charge in [-0.15, -0.1) is 0 Å². The van der Waals surface area contributed by atoms with E-state index in [1.807, 2.05) is 24.3 Å². The zero-order chi connectivity index (χ0) is 15.9. The first kappa shape index (κ1) is 16.1. The lowest BCUT2D eigenvalue weighted by Crippen LogP contribution is -2.44. The number of pyridine rings is 1. The quantitative estimate of drug-likeness (QED) is 0.760. The van der Waals surface area contributed by atoms with Crippen LogP contribution in [0.25, 0.3) is 6.08 Å². The molecule has 23 heavy (non-hydrogen) atoms. The lowest BCUT2D eigenvalue weighted by molar-refractivity contribution is -0.0446. The first-order valence-corrected chi connectivity index (χ1v) is 7.96. The van der Waals surface area contributed by atoms with Gasteiger partial charge in [0, 0.05) is 25.8 Å². The lowest BCUT2D eigenvalue weighted by Gasteiger charge is -2.32. The minimum Gasteiger partial charge on any atom is -0.488 e. The Hall–Kier alpha value is -1.82. The number of halogens is 1. The highest BCUT2D eigenvalue weighted by Gasteiger charge is 2.20. The molecule has 3 heterocycles. The van der Waals surface area contributed by atoms with Crippen LogP contribution in [0.5, 0.6) is 5.75 Å². The van der Waals surface area contributed by atoms with Crippen molar-refractivity contribution in [2.45, 2.75) is 6.10 Å². The topological polar surface area (TPSA) is 47.7 Å². The van der Waals surface area contributed by atoms with E-state index in [1.54, 1.807) is 18.5 Å². The SMILES string of the molecule is Clc1ncccc1OCC1CN(CC=Cc2ccco2)CCO1. The van der Waals surface area contributed by atoms with Crippen molar-refractivity contribution < 1.29 is 13.9 Å².